The molecular formula is C11H16N4O2S. The quantitative estimate of drug-likeness (QED) is 0.440. The molecule has 4 N–H and O–H groups in total. The first kappa shape index (κ1) is 13.0. The van der Waals surface area contributed by atoms with Crippen LogP contribution in [-0.2, 0) is 0 Å². The summed E-state index contributed by atoms with van der Waals surface area (Å²) in [7, 11) is 0. The zero-order valence-corrected chi connectivity index (χ0v) is 10.7. The van der Waals surface area contributed by atoms with Crippen LogP contribution < -0.4 is 16.6 Å². The summed E-state index contributed by atoms with van der Waals surface area (Å²) >= 11 is 1.94. The lowest BCUT2D eigenvalue weighted by Crippen LogP contribution is -2.24. The number of non-ortho nitro benzene ring substituents is 1. The lowest BCUT2D eigenvalue weighted by Gasteiger charge is -2.23. The largest absolute Gasteiger partial charge is 0.382 e. The highest BCUT2D eigenvalue weighted by Gasteiger charge is 2.15. The Labute approximate surface area is 109 Å². The van der Waals surface area contributed by atoms with Gasteiger partial charge in [-0.25, -0.2) is 0 Å². The van der Waals surface area contributed by atoms with E-state index < -0.39 is 4.92 Å². The standard InChI is InChI=1S/C11H16N4O2S/c12-14-10-5-9(6-11(7-10)15(16)17)13-8-1-3-18-4-2-8/h5-8,13-14H,1-4,12H2. The van der Waals surface area contributed by atoms with Gasteiger partial charge in [-0.05, 0) is 30.4 Å². The van der Waals surface area contributed by atoms with Gasteiger partial charge in [-0.15, -0.1) is 0 Å². The van der Waals surface area contributed by atoms with Crippen LogP contribution in [0.25, 0.3) is 0 Å². The molecule has 1 heterocycles. The molecule has 1 aliphatic heterocycles. The third kappa shape index (κ3) is 3.27. The van der Waals surface area contributed by atoms with Crippen LogP contribution in [-0.4, -0.2) is 22.5 Å². The number of benzene rings is 1. The Morgan fingerprint density at radius 2 is 1.94 bits per heavy atom. The Bertz CT molecular complexity index is 435. The Morgan fingerprint density at radius 1 is 1.28 bits per heavy atom. The van der Waals surface area contributed by atoms with E-state index in [-0.39, 0.29) is 5.69 Å². The summed E-state index contributed by atoms with van der Waals surface area (Å²) in [5.74, 6) is 7.58. The van der Waals surface area contributed by atoms with Crippen molar-refractivity contribution in [2.45, 2.75) is 18.9 Å². The monoisotopic (exact) mass is 268 g/mol. The maximum absolute atomic E-state index is 10.8. The summed E-state index contributed by atoms with van der Waals surface area (Å²) < 4.78 is 0. The van der Waals surface area contributed by atoms with E-state index in [1.165, 1.54) is 6.07 Å². The van der Waals surface area contributed by atoms with Crippen molar-refractivity contribution in [2.24, 2.45) is 5.84 Å². The van der Waals surface area contributed by atoms with E-state index in [1.807, 2.05) is 11.8 Å². The zero-order chi connectivity index (χ0) is 13.0. The molecule has 0 atom stereocenters. The average Bonchev–Trinajstić information content (AvgIpc) is 2.39. The summed E-state index contributed by atoms with van der Waals surface area (Å²) in [4.78, 5) is 10.4. The van der Waals surface area contributed by atoms with Crippen molar-refractivity contribution in [3.05, 3.63) is 28.3 Å². The average molecular weight is 268 g/mol. The van der Waals surface area contributed by atoms with Crippen LogP contribution in [0.15, 0.2) is 18.2 Å². The summed E-state index contributed by atoms with van der Waals surface area (Å²) in [5.41, 5.74) is 3.77. The molecule has 18 heavy (non-hydrogen) atoms. The van der Waals surface area contributed by atoms with E-state index >= 15 is 0 Å². The third-order valence-corrected chi connectivity index (χ3v) is 3.94. The predicted molar refractivity (Wildman–Crippen MR) is 74.9 cm³/mol. The number of hydrazine groups is 1. The van der Waals surface area contributed by atoms with Crippen LogP contribution in [0.2, 0.25) is 0 Å². The summed E-state index contributed by atoms with van der Waals surface area (Å²) in [6.45, 7) is 0. The van der Waals surface area contributed by atoms with E-state index in [2.05, 4.69) is 10.7 Å². The lowest BCUT2D eigenvalue weighted by molar-refractivity contribution is -0.384. The van der Waals surface area contributed by atoms with Crippen molar-refractivity contribution >= 4 is 28.8 Å². The number of anilines is 2. The molecule has 0 bridgehead atoms. The number of nitrogens with zero attached hydrogens (tertiary/aromatic N) is 1. The highest BCUT2D eigenvalue weighted by molar-refractivity contribution is 7.99. The molecule has 1 aromatic carbocycles. The molecule has 98 valence electrons. The minimum atomic E-state index is -0.414. The van der Waals surface area contributed by atoms with Crippen LogP contribution in [0.1, 0.15) is 12.8 Å². The maximum atomic E-state index is 10.8. The fraction of sp³-hybridized carbons (Fsp3) is 0.455. The van der Waals surface area contributed by atoms with Crippen molar-refractivity contribution in [3.63, 3.8) is 0 Å². The number of nitrogens with two attached hydrogens (primary N) is 1. The Balaban J connectivity index is 2.15. The number of nitro benzene ring substituents is 1. The molecule has 0 aliphatic carbocycles. The minimum absolute atomic E-state index is 0.0399. The second-order valence-electron chi connectivity index (χ2n) is 4.20. The Hall–Kier alpha value is -1.47. The van der Waals surface area contributed by atoms with Gasteiger partial charge in [-0.1, -0.05) is 0 Å². The van der Waals surface area contributed by atoms with Crippen LogP contribution in [0.4, 0.5) is 17.1 Å². The number of hydrogen-bond acceptors (Lipinski definition) is 6. The molecule has 0 aromatic heterocycles. The normalized spacial score (nSPS) is 16.3. The van der Waals surface area contributed by atoms with Crippen LogP contribution >= 0.6 is 11.8 Å². The second-order valence-corrected chi connectivity index (χ2v) is 5.43. The molecule has 0 amide bonds. The number of thioether (sulfide) groups is 1. The summed E-state index contributed by atoms with van der Waals surface area (Å²) in [6.07, 6.45) is 2.16. The van der Waals surface area contributed by atoms with E-state index in [0.717, 1.165) is 30.0 Å². The van der Waals surface area contributed by atoms with E-state index in [1.54, 1.807) is 12.1 Å². The Morgan fingerprint density at radius 3 is 2.56 bits per heavy atom. The Kier molecular flexibility index (Phi) is 4.27. The van der Waals surface area contributed by atoms with Gasteiger partial charge in [0.2, 0.25) is 0 Å². The lowest BCUT2D eigenvalue weighted by atomic mass is 10.1. The van der Waals surface area contributed by atoms with Gasteiger partial charge < -0.3 is 10.7 Å². The number of nitrogen functional groups attached to an aromatic ring is 1. The first-order valence-corrected chi connectivity index (χ1v) is 6.95. The van der Waals surface area contributed by atoms with Gasteiger partial charge in [0, 0.05) is 23.9 Å². The van der Waals surface area contributed by atoms with Crippen molar-refractivity contribution in [2.75, 3.05) is 22.2 Å². The molecule has 0 spiro atoms. The smallest absolute Gasteiger partial charge is 0.273 e. The minimum Gasteiger partial charge on any atom is -0.382 e. The van der Waals surface area contributed by atoms with Crippen molar-refractivity contribution < 1.29 is 4.92 Å². The topological polar surface area (TPSA) is 93.2 Å². The summed E-state index contributed by atoms with van der Waals surface area (Å²) in [5, 5.41) is 14.2. The predicted octanol–water partition coefficient (Wildman–Crippen LogP) is 2.19. The molecule has 1 saturated heterocycles. The molecule has 6 nitrogen and oxygen atoms in total. The van der Waals surface area contributed by atoms with E-state index in [9.17, 15) is 10.1 Å². The zero-order valence-electron chi connectivity index (χ0n) is 9.89. The first-order chi connectivity index (χ1) is 8.69. The molecule has 0 saturated carbocycles. The SMILES string of the molecule is NNc1cc(NC2CCSCC2)cc([N+](=O)[O-])c1. The second kappa shape index (κ2) is 5.92. The molecule has 2 rings (SSSR count). The fourth-order valence-corrected chi connectivity index (χ4v) is 3.07. The molecule has 1 aliphatic rings. The van der Waals surface area contributed by atoms with Crippen LogP contribution in [0.3, 0.4) is 0 Å². The van der Waals surface area contributed by atoms with Crippen molar-refractivity contribution in [3.8, 4) is 0 Å². The van der Waals surface area contributed by atoms with Crippen LogP contribution in [0, 0.1) is 10.1 Å². The molecule has 0 unspecified atom stereocenters. The molecule has 0 radical (unpaired) electrons. The molecule has 1 fully saturated rings. The van der Waals surface area contributed by atoms with Gasteiger partial charge in [0.25, 0.3) is 5.69 Å². The van der Waals surface area contributed by atoms with Gasteiger partial charge in [0.05, 0.1) is 10.6 Å². The van der Waals surface area contributed by atoms with Gasteiger partial charge in [0.1, 0.15) is 0 Å². The van der Waals surface area contributed by atoms with Gasteiger partial charge in [-0.3, -0.25) is 16.0 Å². The van der Waals surface area contributed by atoms with Gasteiger partial charge in [0.15, 0.2) is 0 Å². The third-order valence-electron chi connectivity index (χ3n) is 2.89. The van der Waals surface area contributed by atoms with Gasteiger partial charge in [-0.2, -0.15) is 11.8 Å². The number of nitrogens with one attached hydrogen (secondary N) is 2. The fourth-order valence-electron chi connectivity index (χ4n) is 1.96. The highest BCUT2D eigenvalue weighted by Crippen LogP contribution is 2.26. The number of hydrogen-bond donors (Lipinski definition) is 3. The first-order valence-electron chi connectivity index (χ1n) is 5.79. The van der Waals surface area contributed by atoms with Crippen molar-refractivity contribution in [1.29, 1.82) is 0 Å². The summed E-state index contributed by atoms with van der Waals surface area (Å²) in [6, 6.07) is 5.14. The van der Waals surface area contributed by atoms with Crippen molar-refractivity contribution in [1.82, 2.24) is 0 Å². The number of nitro groups is 1. The highest BCUT2D eigenvalue weighted by atomic mass is 32.2. The van der Waals surface area contributed by atoms with Gasteiger partial charge >= 0.3 is 0 Å². The molecular weight excluding hydrogens is 252 g/mol. The van der Waals surface area contributed by atoms with E-state index in [4.69, 9.17) is 5.84 Å². The van der Waals surface area contributed by atoms with Crippen LogP contribution in [0.5, 0.6) is 0 Å². The maximum Gasteiger partial charge on any atom is 0.273 e. The van der Waals surface area contributed by atoms with E-state index in [0.29, 0.717) is 11.7 Å². The molecule has 7 heteroatoms. The number of rotatable bonds is 4. The molecule has 1 aromatic rings.